The molecule has 0 saturated carbocycles. The first kappa shape index (κ1) is 26.3. The van der Waals surface area contributed by atoms with E-state index in [2.05, 4.69) is 26.1 Å². The van der Waals surface area contributed by atoms with E-state index < -0.39 is 10.2 Å². The number of nitrogens with zero attached hydrogens (tertiary/aromatic N) is 5. The molecule has 0 N–H and O–H groups in total. The van der Waals surface area contributed by atoms with Crippen molar-refractivity contribution in [1.29, 1.82) is 0 Å². The van der Waals surface area contributed by atoms with E-state index in [4.69, 9.17) is 4.74 Å². The first-order valence-electron chi connectivity index (χ1n) is 11.1. The number of benzene rings is 3. The Morgan fingerprint density at radius 3 is 2.49 bits per heavy atom. The Morgan fingerprint density at radius 2 is 1.78 bits per heavy atom. The molecule has 0 aliphatic heterocycles. The summed E-state index contributed by atoms with van der Waals surface area (Å²) in [5.41, 5.74) is 3.13. The van der Waals surface area contributed by atoms with E-state index in [9.17, 15) is 20.2 Å². The van der Waals surface area contributed by atoms with Gasteiger partial charge in [-0.05, 0) is 49.7 Å². The van der Waals surface area contributed by atoms with Crippen LogP contribution in [0.15, 0.2) is 76.4 Å². The molecule has 0 spiro atoms. The largest absolute Gasteiger partial charge is 0.489 e. The highest BCUT2D eigenvalue weighted by molar-refractivity contribution is 9.10. The Labute approximate surface area is 225 Å². The van der Waals surface area contributed by atoms with Crippen LogP contribution in [-0.4, -0.2) is 31.2 Å². The van der Waals surface area contributed by atoms with Crippen molar-refractivity contribution in [3.63, 3.8) is 0 Å². The van der Waals surface area contributed by atoms with Crippen molar-refractivity contribution in [2.24, 2.45) is 0 Å². The summed E-state index contributed by atoms with van der Waals surface area (Å²) in [5.74, 6) is 1.09. The van der Waals surface area contributed by atoms with Crippen molar-refractivity contribution in [1.82, 2.24) is 14.8 Å². The van der Waals surface area contributed by atoms with Crippen molar-refractivity contribution >= 4 is 33.4 Å². The fourth-order valence-corrected chi connectivity index (χ4v) is 5.27. The van der Waals surface area contributed by atoms with Crippen LogP contribution in [0.25, 0.3) is 5.69 Å². The van der Waals surface area contributed by atoms with E-state index in [1.807, 2.05) is 42.7 Å². The van der Waals surface area contributed by atoms with Crippen LogP contribution in [0.1, 0.15) is 27.8 Å². The van der Waals surface area contributed by atoms with Crippen molar-refractivity contribution in [2.45, 2.75) is 30.9 Å². The predicted octanol–water partition coefficient (Wildman–Crippen LogP) is 6.24. The zero-order chi connectivity index (χ0) is 26.5. The minimum atomic E-state index is -0.652. The smallest absolute Gasteiger partial charge is 0.269 e. The number of hydrogen-bond acceptors (Lipinski definition) is 8. The number of ether oxygens (including phenoxy) is 1. The highest BCUT2D eigenvalue weighted by Crippen LogP contribution is 2.41. The third-order valence-electron chi connectivity index (χ3n) is 5.48. The van der Waals surface area contributed by atoms with Crippen molar-refractivity contribution in [3.05, 3.63) is 114 Å². The van der Waals surface area contributed by atoms with Crippen LogP contribution in [-0.2, 0) is 6.61 Å². The molecule has 10 nitrogen and oxygen atoms in total. The lowest BCUT2D eigenvalue weighted by Crippen LogP contribution is -2.13. The maximum Gasteiger partial charge on any atom is 0.269 e. The number of hydrogen-bond donors (Lipinski definition) is 0. The van der Waals surface area contributed by atoms with Gasteiger partial charge in [-0.2, -0.15) is 0 Å². The van der Waals surface area contributed by atoms with Crippen molar-refractivity contribution in [3.8, 4) is 11.4 Å². The molecule has 0 radical (unpaired) electrons. The number of nitro groups is 2. The molecule has 1 aromatic heterocycles. The summed E-state index contributed by atoms with van der Waals surface area (Å²) in [6.07, 6.45) is 0. The summed E-state index contributed by atoms with van der Waals surface area (Å²) in [4.78, 5) is 22.0. The third kappa shape index (κ3) is 6.52. The Balaban J connectivity index is 1.67. The number of halogens is 1. The SMILES string of the molecule is Cc1ccc(-n2c(C)nnc2S[C@H](C[N+](=O)[O-])c2cc(Br)ccc2OCc2cccc([N+](=O)[O-])c2)cc1. The van der Waals surface area contributed by atoms with Gasteiger partial charge in [0.25, 0.3) is 5.69 Å². The molecule has 4 aromatic rings. The molecule has 0 amide bonds. The molecule has 3 aromatic carbocycles. The zero-order valence-electron chi connectivity index (χ0n) is 19.9. The third-order valence-corrected chi connectivity index (χ3v) is 7.14. The van der Waals surface area contributed by atoms with E-state index in [1.165, 1.54) is 23.9 Å². The van der Waals surface area contributed by atoms with Gasteiger partial charge < -0.3 is 4.74 Å². The lowest BCUT2D eigenvalue weighted by Gasteiger charge is -2.18. The summed E-state index contributed by atoms with van der Waals surface area (Å²) >= 11 is 4.68. The molecule has 190 valence electrons. The maximum absolute atomic E-state index is 11.7. The van der Waals surface area contributed by atoms with Crippen LogP contribution >= 0.6 is 27.7 Å². The van der Waals surface area contributed by atoms with E-state index in [0.29, 0.717) is 27.9 Å². The van der Waals surface area contributed by atoms with Crippen LogP contribution in [0.2, 0.25) is 0 Å². The number of thioether (sulfide) groups is 1. The molecule has 37 heavy (non-hydrogen) atoms. The van der Waals surface area contributed by atoms with Gasteiger partial charge >= 0.3 is 0 Å². The monoisotopic (exact) mass is 583 g/mol. The minimum absolute atomic E-state index is 0.0373. The van der Waals surface area contributed by atoms with Gasteiger partial charge in [0.1, 0.15) is 23.4 Å². The molecule has 1 heterocycles. The van der Waals surface area contributed by atoms with Gasteiger partial charge in [-0.25, -0.2) is 0 Å². The Hall–Kier alpha value is -3.77. The highest BCUT2D eigenvalue weighted by atomic mass is 79.9. The summed E-state index contributed by atoms with van der Waals surface area (Å²) in [6, 6.07) is 19.3. The average Bonchev–Trinajstić information content (AvgIpc) is 3.23. The van der Waals surface area contributed by atoms with E-state index in [0.717, 1.165) is 15.7 Å². The summed E-state index contributed by atoms with van der Waals surface area (Å²) in [5, 5.41) is 31.2. The molecule has 0 fully saturated rings. The van der Waals surface area contributed by atoms with E-state index >= 15 is 0 Å². The molecular weight excluding hydrogens is 562 g/mol. The first-order chi connectivity index (χ1) is 17.7. The number of aryl methyl sites for hydroxylation is 2. The van der Waals surface area contributed by atoms with Crippen LogP contribution in [0, 0.1) is 34.1 Å². The van der Waals surface area contributed by atoms with Crippen LogP contribution in [0.5, 0.6) is 5.75 Å². The van der Waals surface area contributed by atoms with Crippen molar-refractivity contribution < 1.29 is 14.6 Å². The molecule has 4 rings (SSSR count). The quantitative estimate of drug-likeness (QED) is 0.122. The zero-order valence-corrected chi connectivity index (χ0v) is 22.3. The molecular formula is C25H22BrN5O5S. The van der Waals surface area contributed by atoms with E-state index in [-0.39, 0.29) is 23.8 Å². The summed E-state index contributed by atoms with van der Waals surface area (Å²) < 4.78 is 8.62. The Kier molecular flexibility index (Phi) is 8.19. The second-order valence-electron chi connectivity index (χ2n) is 8.22. The number of non-ortho nitro benzene ring substituents is 1. The van der Waals surface area contributed by atoms with Gasteiger partial charge in [0, 0.05) is 32.8 Å². The van der Waals surface area contributed by atoms with Gasteiger partial charge in [-0.1, -0.05) is 57.5 Å². The van der Waals surface area contributed by atoms with Crippen LogP contribution < -0.4 is 4.74 Å². The fraction of sp³-hybridized carbons (Fsp3) is 0.200. The second-order valence-corrected chi connectivity index (χ2v) is 10.3. The van der Waals surface area contributed by atoms with Crippen LogP contribution in [0.4, 0.5) is 5.69 Å². The topological polar surface area (TPSA) is 126 Å². The lowest BCUT2D eigenvalue weighted by molar-refractivity contribution is -0.479. The van der Waals surface area contributed by atoms with Gasteiger partial charge in [0.15, 0.2) is 5.16 Å². The summed E-state index contributed by atoms with van der Waals surface area (Å²) in [6.45, 7) is 3.50. The number of nitro benzene ring substituents is 1. The minimum Gasteiger partial charge on any atom is -0.489 e. The molecule has 0 aliphatic carbocycles. The predicted molar refractivity (Wildman–Crippen MR) is 143 cm³/mol. The van der Waals surface area contributed by atoms with Gasteiger partial charge in [0.05, 0.1) is 4.92 Å². The van der Waals surface area contributed by atoms with Gasteiger partial charge in [-0.3, -0.25) is 24.8 Å². The average molecular weight is 584 g/mol. The second kappa shape index (κ2) is 11.5. The number of aromatic nitrogens is 3. The van der Waals surface area contributed by atoms with Gasteiger partial charge in [-0.15, -0.1) is 10.2 Å². The molecule has 0 bridgehead atoms. The molecule has 0 saturated heterocycles. The molecule has 12 heteroatoms. The first-order valence-corrected chi connectivity index (χ1v) is 12.8. The fourth-order valence-electron chi connectivity index (χ4n) is 3.70. The lowest BCUT2D eigenvalue weighted by atomic mass is 10.1. The standard InChI is InChI=1S/C25H22BrN5O5S/c1-16-6-9-20(10-7-16)30-17(2)27-28-25(30)37-24(14-29(32)33)22-13-19(26)8-11-23(22)36-15-18-4-3-5-21(12-18)31(34)35/h3-13,24H,14-15H2,1-2H3/t24-/m1/s1. The molecule has 0 aliphatic rings. The highest BCUT2D eigenvalue weighted by Gasteiger charge is 2.27. The Morgan fingerprint density at radius 1 is 1.03 bits per heavy atom. The van der Waals surface area contributed by atoms with Crippen molar-refractivity contribution in [2.75, 3.05) is 6.54 Å². The molecule has 0 unspecified atom stereocenters. The van der Waals surface area contributed by atoms with Gasteiger partial charge in [0.2, 0.25) is 6.54 Å². The van der Waals surface area contributed by atoms with Crippen LogP contribution in [0.3, 0.4) is 0 Å². The number of rotatable bonds is 10. The molecule has 1 atom stereocenters. The normalized spacial score (nSPS) is 11.8. The maximum atomic E-state index is 11.7. The Bertz CT molecular complexity index is 1440. The summed E-state index contributed by atoms with van der Waals surface area (Å²) in [7, 11) is 0. The van der Waals surface area contributed by atoms with E-state index in [1.54, 1.807) is 30.3 Å².